The van der Waals surface area contributed by atoms with Gasteiger partial charge in [0.15, 0.2) is 5.84 Å². The first-order valence-corrected chi connectivity index (χ1v) is 12.0. The minimum atomic E-state index is -3.63. The van der Waals surface area contributed by atoms with E-state index in [1.54, 1.807) is 37.4 Å². The highest BCUT2D eigenvalue weighted by Gasteiger charge is 2.33. The van der Waals surface area contributed by atoms with Gasteiger partial charge in [0.25, 0.3) is 10.0 Å². The molecule has 32 heavy (non-hydrogen) atoms. The molecular weight excluding hydrogens is 430 g/mol. The third-order valence-corrected chi connectivity index (χ3v) is 6.98. The summed E-state index contributed by atoms with van der Waals surface area (Å²) in [5.74, 6) is 0.146. The molecule has 2 aliphatic rings. The van der Waals surface area contributed by atoms with Gasteiger partial charge in [-0.05, 0) is 31.2 Å². The van der Waals surface area contributed by atoms with Gasteiger partial charge in [-0.2, -0.15) is 8.42 Å². The molecule has 170 valence electrons. The standard InChI is InChI=1S/C23H27N3O5S/c1-17-7-9-18(10-8-17)23(27)31-19(16-30-2)15-25-11-13-26(14-12-25)22-20-5-3-4-6-21(20)32(28,29)24-22/h3-10,19H,11-16H2,1-2H3. The number of esters is 1. The Labute approximate surface area is 188 Å². The summed E-state index contributed by atoms with van der Waals surface area (Å²) in [6.07, 6.45) is -0.398. The van der Waals surface area contributed by atoms with Crippen molar-refractivity contribution in [2.24, 2.45) is 4.40 Å². The second kappa shape index (κ2) is 9.40. The molecule has 0 bridgehead atoms. The first-order valence-electron chi connectivity index (χ1n) is 10.6. The zero-order valence-electron chi connectivity index (χ0n) is 18.2. The van der Waals surface area contributed by atoms with Crippen molar-refractivity contribution < 1.29 is 22.7 Å². The van der Waals surface area contributed by atoms with Gasteiger partial charge in [-0.1, -0.05) is 29.8 Å². The summed E-state index contributed by atoms with van der Waals surface area (Å²) in [4.78, 5) is 17.0. The summed E-state index contributed by atoms with van der Waals surface area (Å²) in [6.45, 7) is 5.47. The number of benzene rings is 2. The Balaban J connectivity index is 1.36. The van der Waals surface area contributed by atoms with Crippen molar-refractivity contribution in [1.82, 2.24) is 9.80 Å². The van der Waals surface area contributed by atoms with Crippen molar-refractivity contribution in [1.29, 1.82) is 0 Å². The zero-order chi connectivity index (χ0) is 22.7. The molecule has 9 heteroatoms. The number of methoxy groups -OCH3 is 1. The van der Waals surface area contributed by atoms with E-state index < -0.39 is 16.1 Å². The van der Waals surface area contributed by atoms with Crippen molar-refractivity contribution in [2.75, 3.05) is 46.4 Å². The lowest BCUT2D eigenvalue weighted by atomic mass is 10.1. The van der Waals surface area contributed by atoms with Crippen LogP contribution in [0.3, 0.4) is 0 Å². The third kappa shape index (κ3) is 4.85. The molecule has 1 fully saturated rings. The lowest BCUT2D eigenvalue weighted by molar-refractivity contribution is -0.00971. The van der Waals surface area contributed by atoms with E-state index in [2.05, 4.69) is 9.30 Å². The normalized spacial score (nSPS) is 18.7. The van der Waals surface area contributed by atoms with E-state index >= 15 is 0 Å². The molecule has 2 aromatic carbocycles. The van der Waals surface area contributed by atoms with Crippen LogP contribution in [-0.4, -0.2) is 82.6 Å². The third-order valence-electron chi connectivity index (χ3n) is 5.66. The molecule has 0 spiro atoms. The smallest absolute Gasteiger partial charge is 0.338 e. The SMILES string of the molecule is COCC(CN1CCN(C2=NS(=O)(=O)c3ccccc32)CC1)OC(=O)c1ccc(C)cc1. The number of aryl methyl sites for hydroxylation is 1. The van der Waals surface area contributed by atoms with Crippen LogP contribution < -0.4 is 0 Å². The number of hydrogen-bond donors (Lipinski definition) is 0. The predicted molar refractivity (Wildman–Crippen MR) is 120 cm³/mol. The molecular formula is C23H27N3O5S. The highest BCUT2D eigenvalue weighted by Crippen LogP contribution is 2.27. The van der Waals surface area contributed by atoms with E-state index in [4.69, 9.17) is 9.47 Å². The number of nitrogens with zero attached hydrogens (tertiary/aromatic N) is 3. The highest BCUT2D eigenvalue weighted by molar-refractivity contribution is 7.90. The molecule has 0 amide bonds. The fraction of sp³-hybridized carbons (Fsp3) is 0.391. The van der Waals surface area contributed by atoms with E-state index in [1.165, 1.54) is 0 Å². The predicted octanol–water partition coefficient (Wildman–Crippen LogP) is 1.93. The van der Waals surface area contributed by atoms with Gasteiger partial charge in [-0.3, -0.25) is 4.90 Å². The summed E-state index contributed by atoms with van der Waals surface area (Å²) < 4.78 is 39.7. The molecule has 2 aromatic rings. The van der Waals surface area contributed by atoms with Crippen LogP contribution in [0.25, 0.3) is 0 Å². The number of hydrogen-bond acceptors (Lipinski definition) is 7. The van der Waals surface area contributed by atoms with Gasteiger partial charge in [0, 0.05) is 45.4 Å². The maximum absolute atomic E-state index is 12.5. The molecule has 2 heterocycles. The van der Waals surface area contributed by atoms with Gasteiger partial charge in [0.05, 0.1) is 12.2 Å². The Morgan fingerprint density at radius 2 is 1.75 bits per heavy atom. The first kappa shape index (κ1) is 22.4. The number of rotatable bonds is 6. The average Bonchev–Trinajstić information content (AvgIpc) is 3.06. The molecule has 2 aliphatic heterocycles. The largest absolute Gasteiger partial charge is 0.455 e. The molecule has 8 nitrogen and oxygen atoms in total. The molecule has 0 aromatic heterocycles. The van der Waals surface area contributed by atoms with Gasteiger partial charge < -0.3 is 14.4 Å². The van der Waals surface area contributed by atoms with Crippen LogP contribution in [0.5, 0.6) is 0 Å². The number of sulfonamides is 1. The number of carbonyl (C=O) groups excluding carboxylic acids is 1. The maximum atomic E-state index is 12.5. The van der Waals surface area contributed by atoms with Crippen molar-refractivity contribution in [2.45, 2.75) is 17.9 Å². The minimum Gasteiger partial charge on any atom is -0.455 e. The Bertz CT molecular complexity index is 1110. The fourth-order valence-corrected chi connectivity index (χ4v) is 5.19. The number of ether oxygens (including phenoxy) is 2. The number of carbonyl (C=O) groups is 1. The van der Waals surface area contributed by atoms with Gasteiger partial charge in [0.2, 0.25) is 0 Å². The van der Waals surface area contributed by atoms with Gasteiger partial charge in [-0.25, -0.2) is 4.79 Å². The van der Waals surface area contributed by atoms with E-state index in [0.717, 1.165) is 5.56 Å². The number of amidine groups is 1. The summed E-state index contributed by atoms with van der Waals surface area (Å²) >= 11 is 0. The van der Waals surface area contributed by atoms with Crippen LogP contribution >= 0.6 is 0 Å². The van der Waals surface area contributed by atoms with Crippen molar-refractivity contribution in [3.05, 3.63) is 65.2 Å². The quantitative estimate of drug-likeness (QED) is 0.613. The van der Waals surface area contributed by atoms with E-state index in [0.29, 0.717) is 56.3 Å². The van der Waals surface area contributed by atoms with Crippen LogP contribution in [0.15, 0.2) is 57.8 Å². The second-order valence-electron chi connectivity index (χ2n) is 8.02. The Morgan fingerprint density at radius 3 is 2.44 bits per heavy atom. The molecule has 1 saturated heterocycles. The van der Waals surface area contributed by atoms with Crippen molar-refractivity contribution in [3.8, 4) is 0 Å². The van der Waals surface area contributed by atoms with E-state index in [1.807, 2.05) is 30.0 Å². The lowest BCUT2D eigenvalue weighted by Gasteiger charge is -2.37. The summed E-state index contributed by atoms with van der Waals surface area (Å²) in [6, 6.07) is 14.2. The van der Waals surface area contributed by atoms with Gasteiger partial charge in [-0.15, -0.1) is 4.40 Å². The zero-order valence-corrected chi connectivity index (χ0v) is 19.0. The van der Waals surface area contributed by atoms with Crippen LogP contribution in [0, 0.1) is 6.92 Å². The Kier molecular flexibility index (Phi) is 6.59. The molecule has 0 radical (unpaired) electrons. The van der Waals surface area contributed by atoms with E-state index in [9.17, 15) is 13.2 Å². The summed E-state index contributed by atoms with van der Waals surface area (Å²) in [5.41, 5.74) is 2.25. The van der Waals surface area contributed by atoms with E-state index in [-0.39, 0.29) is 10.9 Å². The summed E-state index contributed by atoms with van der Waals surface area (Å²) in [5, 5.41) is 0. The average molecular weight is 458 g/mol. The minimum absolute atomic E-state index is 0.264. The van der Waals surface area contributed by atoms with Crippen LogP contribution in [0.2, 0.25) is 0 Å². The highest BCUT2D eigenvalue weighted by atomic mass is 32.2. The molecule has 1 atom stereocenters. The van der Waals surface area contributed by atoms with Crippen LogP contribution in [0.1, 0.15) is 21.5 Å². The first-order chi connectivity index (χ1) is 15.4. The second-order valence-corrected chi connectivity index (χ2v) is 9.59. The molecule has 4 rings (SSSR count). The van der Waals surface area contributed by atoms with Crippen LogP contribution in [-0.2, 0) is 19.5 Å². The molecule has 0 aliphatic carbocycles. The van der Waals surface area contributed by atoms with Gasteiger partial charge in [0.1, 0.15) is 11.0 Å². The fourth-order valence-electron chi connectivity index (χ4n) is 3.97. The monoisotopic (exact) mass is 457 g/mol. The number of piperazine rings is 1. The lowest BCUT2D eigenvalue weighted by Crippen LogP contribution is -2.51. The molecule has 0 saturated carbocycles. The molecule has 0 N–H and O–H groups in total. The number of fused-ring (bicyclic) bond motifs is 1. The topological polar surface area (TPSA) is 88.5 Å². The van der Waals surface area contributed by atoms with Crippen LogP contribution in [0.4, 0.5) is 0 Å². The molecule has 1 unspecified atom stereocenters. The van der Waals surface area contributed by atoms with Crippen molar-refractivity contribution >= 4 is 21.8 Å². The Hall–Kier alpha value is -2.75. The maximum Gasteiger partial charge on any atom is 0.338 e. The Morgan fingerprint density at radius 1 is 1.06 bits per heavy atom. The van der Waals surface area contributed by atoms with Gasteiger partial charge >= 0.3 is 5.97 Å². The summed E-state index contributed by atoms with van der Waals surface area (Å²) in [7, 11) is -2.04. The van der Waals surface area contributed by atoms with Crippen molar-refractivity contribution in [3.63, 3.8) is 0 Å².